The van der Waals surface area contributed by atoms with Crippen LogP contribution in [0.15, 0.2) is 54.6 Å². The maximum Gasteiger partial charge on any atom is 0.270 e. The highest BCUT2D eigenvalue weighted by Crippen LogP contribution is 2.33. The van der Waals surface area contributed by atoms with Gasteiger partial charge >= 0.3 is 0 Å². The summed E-state index contributed by atoms with van der Waals surface area (Å²) < 4.78 is 0. The van der Waals surface area contributed by atoms with E-state index < -0.39 is 0 Å². The normalized spacial score (nSPS) is 23.4. The molecular formula is C26H31N3O. The lowest BCUT2D eigenvalue weighted by Crippen LogP contribution is -2.47. The van der Waals surface area contributed by atoms with Gasteiger partial charge in [0, 0.05) is 35.6 Å². The Morgan fingerprint density at radius 1 is 1.10 bits per heavy atom. The minimum absolute atomic E-state index is 0.130. The van der Waals surface area contributed by atoms with Gasteiger partial charge in [-0.1, -0.05) is 42.5 Å². The van der Waals surface area contributed by atoms with E-state index in [9.17, 15) is 4.79 Å². The zero-order chi connectivity index (χ0) is 20.5. The molecule has 3 unspecified atom stereocenters. The Bertz CT molecular complexity index is 1010. The lowest BCUT2D eigenvalue weighted by atomic mass is 9.89. The number of nitrogens with one attached hydrogen (secondary N) is 2. The molecule has 1 heterocycles. The van der Waals surface area contributed by atoms with Crippen molar-refractivity contribution in [3.8, 4) is 0 Å². The van der Waals surface area contributed by atoms with E-state index >= 15 is 0 Å². The summed E-state index contributed by atoms with van der Waals surface area (Å²) in [6.07, 6.45) is 6.87. The van der Waals surface area contributed by atoms with Crippen LogP contribution in [-0.4, -0.2) is 34.4 Å². The number of benzene rings is 2. The van der Waals surface area contributed by atoms with Crippen LogP contribution < -0.4 is 5.32 Å². The molecule has 0 aliphatic heterocycles. The molecule has 2 aliphatic carbocycles. The Labute approximate surface area is 178 Å². The number of aromatic amines is 1. The Morgan fingerprint density at radius 3 is 2.80 bits per heavy atom. The second kappa shape index (κ2) is 8.27. The maximum atomic E-state index is 13.3. The molecule has 1 amide bonds. The molecule has 156 valence electrons. The molecule has 1 fully saturated rings. The highest BCUT2D eigenvalue weighted by molar-refractivity contribution is 5.98. The van der Waals surface area contributed by atoms with Crippen molar-refractivity contribution in [1.82, 2.24) is 15.2 Å². The zero-order valence-corrected chi connectivity index (χ0v) is 17.7. The highest BCUT2D eigenvalue weighted by atomic mass is 16.2. The molecule has 2 aromatic carbocycles. The fourth-order valence-electron chi connectivity index (χ4n) is 5.52. The molecule has 5 rings (SSSR count). The van der Waals surface area contributed by atoms with Gasteiger partial charge in [0.1, 0.15) is 5.69 Å². The van der Waals surface area contributed by atoms with Crippen molar-refractivity contribution in [3.05, 3.63) is 71.4 Å². The molecule has 1 saturated carbocycles. The Morgan fingerprint density at radius 2 is 1.93 bits per heavy atom. The second-order valence-electron chi connectivity index (χ2n) is 8.84. The predicted octanol–water partition coefficient (Wildman–Crippen LogP) is 5.22. The number of hydrogen-bond donors (Lipinski definition) is 2. The van der Waals surface area contributed by atoms with Crippen molar-refractivity contribution < 1.29 is 4.79 Å². The SMILES string of the molecule is CCN(C(=O)c1cc2ccccc2[nH]1)C1CCCC(NC2CCc3ccccc32)C1. The lowest BCUT2D eigenvalue weighted by molar-refractivity contribution is 0.0620. The molecule has 0 saturated heterocycles. The van der Waals surface area contributed by atoms with Gasteiger partial charge in [-0.25, -0.2) is 0 Å². The molecule has 2 aliphatic rings. The number of hydrogen-bond acceptors (Lipinski definition) is 2. The first-order valence-corrected chi connectivity index (χ1v) is 11.5. The molecule has 4 nitrogen and oxygen atoms in total. The van der Waals surface area contributed by atoms with Crippen molar-refractivity contribution in [2.75, 3.05) is 6.54 Å². The minimum Gasteiger partial charge on any atom is -0.351 e. The number of aromatic nitrogens is 1. The Hall–Kier alpha value is -2.59. The van der Waals surface area contributed by atoms with Crippen LogP contribution in [0.4, 0.5) is 0 Å². The first-order chi connectivity index (χ1) is 14.7. The van der Waals surface area contributed by atoms with Gasteiger partial charge in [-0.3, -0.25) is 4.79 Å². The third kappa shape index (κ3) is 3.65. The fraction of sp³-hybridized carbons (Fsp3) is 0.423. The van der Waals surface area contributed by atoms with Crippen molar-refractivity contribution in [2.24, 2.45) is 0 Å². The van der Waals surface area contributed by atoms with Gasteiger partial charge < -0.3 is 15.2 Å². The molecule has 2 N–H and O–H groups in total. The Balaban J connectivity index is 1.29. The maximum absolute atomic E-state index is 13.3. The fourth-order valence-corrected chi connectivity index (χ4v) is 5.52. The summed E-state index contributed by atoms with van der Waals surface area (Å²) in [4.78, 5) is 18.7. The van der Waals surface area contributed by atoms with Crippen molar-refractivity contribution >= 4 is 16.8 Å². The van der Waals surface area contributed by atoms with Crippen LogP contribution in [0.1, 0.15) is 66.7 Å². The molecule has 0 spiro atoms. The first kappa shape index (κ1) is 19.4. The summed E-state index contributed by atoms with van der Waals surface area (Å²) in [5.41, 5.74) is 4.70. The molecule has 0 radical (unpaired) electrons. The number of amides is 1. The van der Waals surface area contributed by atoms with Gasteiger partial charge in [-0.05, 0) is 68.7 Å². The van der Waals surface area contributed by atoms with Crippen LogP contribution in [0.25, 0.3) is 10.9 Å². The molecule has 3 aromatic rings. The van der Waals surface area contributed by atoms with Crippen LogP contribution >= 0.6 is 0 Å². The van der Waals surface area contributed by atoms with Gasteiger partial charge in [-0.15, -0.1) is 0 Å². The monoisotopic (exact) mass is 401 g/mol. The van der Waals surface area contributed by atoms with Crippen molar-refractivity contribution in [3.63, 3.8) is 0 Å². The smallest absolute Gasteiger partial charge is 0.270 e. The summed E-state index contributed by atoms with van der Waals surface area (Å²) in [5, 5.41) is 5.03. The summed E-state index contributed by atoms with van der Waals surface area (Å²) >= 11 is 0. The predicted molar refractivity (Wildman–Crippen MR) is 122 cm³/mol. The first-order valence-electron chi connectivity index (χ1n) is 11.5. The standard InChI is InChI=1S/C26H31N3O/c1-2-29(26(30)25-16-19-9-4-6-13-23(19)28-25)21-11-7-10-20(17-21)27-24-15-14-18-8-3-5-12-22(18)24/h3-6,8-9,12-13,16,20-21,24,27-28H,2,7,10-11,14-15,17H2,1H3. The van der Waals surface area contributed by atoms with E-state index in [4.69, 9.17) is 0 Å². The topological polar surface area (TPSA) is 48.1 Å². The second-order valence-corrected chi connectivity index (χ2v) is 8.84. The average molecular weight is 402 g/mol. The van der Waals surface area contributed by atoms with Gasteiger partial charge in [0.2, 0.25) is 0 Å². The van der Waals surface area contributed by atoms with E-state index in [1.807, 2.05) is 24.3 Å². The van der Waals surface area contributed by atoms with Crippen LogP contribution in [0.2, 0.25) is 0 Å². The Kier molecular flexibility index (Phi) is 5.34. The van der Waals surface area contributed by atoms with Gasteiger partial charge in [0.15, 0.2) is 0 Å². The van der Waals surface area contributed by atoms with Gasteiger partial charge in [0.25, 0.3) is 5.91 Å². The van der Waals surface area contributed by atoms with E-state index in [0.717, 1.165) is 30.3 Å². The van der Waals surface area contributed by atoms with Crippen LogP contribution in [0.5, 0.6) is 0 Å². The number of aryl methyl sites for hydroxylation is 1. The van der Waals surface area contributed by atoms with E-state index in [0.29, 0.717) is 23.8 Å². The van der Waals surface area contributed by atoms with Crippen molar-refractivity contribution in [1.29, 1.82) is 0 Å². The molecule has 30 heavy (non-hydrogen) atoms. The quantitative estimate of drug-likeness (QED) is 0.616. The third-order valence-electron chi connectivity index (χ3n) is 7.02. The van der Waals surface area contributed by atoms with E-state index in [1.54, 1.807) is 0 Å². The summed E-state index contributed by atoms with van der Waals surface area (Å²) in [5.74, 6) is 0.130. The number of nitrogens with zero attached hydrogens (tertiary/aromatic N) is 1. The van der Waals surface area contributed by atoms with Gasteiger partial charge in [-0.2, -0.15) is 0 Å². The van der Waals surface area contributed by atoms with E-state index in [2.05, 4.69) is 52.5 Å². The van der Waals surface area contributed by atoms with Crippen LogP contribution in [-0.2, 0) is 6.42 Å². The third-order valence-corrected chi connectivity index (χ3v) is 7.02. The molecule has 3 atom stereocenters. The highest BCUT2D eigenvalue weighted by Gasteiger charge is 2.32. The zero-order valence-electron chi connectivity index (χ0n) is 17.7. The van der Waals surface area contributed by atoms with E-state index in [-0.39, 0.29) is 5.91 Å². The lowest BCUT2D eigenvalue weighted by Gasteiger charge is -2.38. The number of carbonyl (C=O) groups excluding carboxylic acids is 1. The number of H-pyrrole nitrogens is 1. The largest absolute Gasteiger partial charge is 0.351 e. The van der Waals surface area contributed by atoms with Gasteiger partial charge in [0.05, 0.1) is 0 Å². The summed E-state index contributed by atoms with van der Waals surface area (Å²) in [7, 11) is 0. The summed E-state index contributed by atoms with van der Waals surface area (Å²) in [6, 6.07) is 20.2. The summed E-state index contributed by atoms with van der Waals surface area (Å²) in [6.45, 7) is 2.85. The minimum atomic E-state index is 0.130. The van der Waals surface area contributed by atoms with Crippen LogP contribution in [0.3, 0.4) is 0 Å². The number of para-hydroxylation sites is 1. The number of fused-ring (bicyclic) bond motifs is 2. The molecule has 0 bridgehead atoms. The molecule has 4 heteroatoms. The van der Waals surface area contributed by atoms with Crippen molar-refractivity contribution in [2.45, 2.75) is 63.6 Å². The van der Waals surface area contributed by atoms with Crippen LogP contribution in [0, 0.1) is 0 Å². The van der Waals surface area contributed by atoms with E-state index in [1.165, 1.54) is 36.8 Å². The number of carbonyl (C=O) groups is 1. The number of rotatable bonds is 5. The molecular weight excluding hydrogens is 370 g/mol. The average Bonchev–Trinajstić information content (AvgIpc) is 3.39. The molecule has 1 aromatic heterocycles.